The Balaban J connectivity index is 1.32. The van der Waals surface area contributed by atoms with Crippen LogP contribution in [0.1, 0.15) is 335 Å². The van der Waals surface area contributed by atoms with Gasteiger partial charge in [0.25, 0.3) is 0 Å². The van der Waals surface area contributed by atoms with Crippen molar-refractivity contribution >= 4 is 5.91 Å². The maximum atomic E-state index is 13.5. The predicted octanol–water partition coefficient (Wildman–Crippen LogP) is 14.6. The molecule has 0 saturated carbocycles. The van der Waals surface area contributed by atoms with Crippen LogP contribution in [0, 0.1) is 0 Å². The first kappa shape index (κ1) is 94.7. The molecule has 103 heavy (non-hydrogen) atoms. The average molecular weight is 1470 g/mol. The van der Waals surface area contributed by atoms with Crippen molar-refractivity contribution in [2.24, 2.45) is 0 Å². The Kier molecular flexibility index (Phi) is 59.1. The molecule has 19 heteroatoms. The summed E-state index contributed by atoms with van der Waals surface area (Å²) in [4.78, 5) is 13.5. The van der Waals surface area contributed by atoms with E-state index in [4.69, 9.17) is 28.4 Å². The Bertz CT molecular complexity index is 2090. The van der Waals surface area contributed by atoms with Crippen LogP contribution >= 0.6 is 0 Å². The van der Waals surface area contributed by atoms with Gasteiger partial charge in [-0.05, 0) is 57.8 Å². The normalized spacial score (nSPS) is 26.3. The molecule has 3 fully saturated rings. The number of carbonyl (C=O) groups is 1. The number of aliphatic hydroxyl groups excluding tert-OH is 11. The number of unbranched alkanes of at least 4 members (excludes halogenated alkanes) is 43. The lowest BCUT2D eigenvalue weighted by atomic mass is 9.96. The van der Waals surface area contributed by atoms with Gasteiger partial charge >= 0.3 is 0 Å². The maximum absolute atomic E-state index is 13.5. The Morgan fingerprint density at radius 1 is 0.359 bits per heavy atom. The number of carbonyl (C=O) groups excluding carboxylic acids is 1. The Labute approximate surface area is 624 Å². The van der Waals surface area contributed by atoms with Crippen molar-refractivity contribution in [1.29, 1.82) is 0 Å². The van der Waals surface area contributed by atoms with E-state index >= 15 is 0 Å². The monoisotopic (exact) mass is 1460 g/mol. The zero-order chi connectivity index (χ0) is 74.6. The van der Waals surface area contributed by atoms with Crippen LogP contribution in [0.25, 0.3) is 0 Å². The molecule has 12 N–H and O–H groups in total. The fourth-order valence-electron chi connectivity index (χ4n) is 14.1. The summed E-state index contributed by atoms with van der Waals surface area (Å²) >= 11 is 0. The third-order valence-electron chi connectivity index (χ3n) is 20.8. The van der Waals surface area contributed by atoms with Crippen molar-refractivity contribution in [2.75, 3.05) is 26.4 Å². The van der Waals surface area contributed by atoms with E-state index in [1.807, 2.05) is 6.08 Å². The molecule has 0 radical (unpaired) electrons. The van der Waals surface area contributed by atoms with Crippen molar-refractivity contribution in [3.05, 3.63) is 60.8 Å². The van der Waals surface area contributed by atoms with Gasteiger partial charge in [-0.25, -0.2) is 0 Å². The first-order chi connectivity index (χ1) is 50.3. The van der Waals surface area contributed by atoms with Gasteiger partial charge in [-0.2, -0.15) is 0 Å². The number of ether oxygens (including phenoxy) is 6. The summed E-state index contributed by atoms with van der Waals surface area (Å²) in [6.45, 7) is 1.67. The number of allylic oxidation sites excluding steroid dienone is 9. The lowest BCUT2D eigenvalue weighted by Crippen LogP contribution is -2.66. The minimum Gasteiger partial charge on any atom is -0.394 e. The fourth-order valence-corrected chi connectivity index (χ4v) is 14.1. The quantitative estimate of drug-likeness (QED) is 0.0199. The second-order valence-corrected chi connectivity index (χ2v) is 29.9. The standard InChI is InChI=1S/C84H153NO18/c1-3-5-7-9-11-13-15-17-19-21-23-25-26-27-28-29-30-31-32-33-34-35-36-37-38-39-40-42-44-46-48-50-52-54-56-58-60-62-72(90)85-67(68(89)61-59-57-55-53-51-49-47-45-43-41-24-22-20-18-16-14-12-10-8-6-4-2)66-98-82-78(96)75(93)80(70(64-87)100-82)103-84-79(97)76(94)81(71(65-88)101-84)102-83-77(95)74(92)73(91)69(63-86)99-83/h5,7,11,13,17,19,23,25,59,61,67-71,73-84,86-89,91-97H,3-4,6,8-10,12,14-16,18,20-22,24,26-58,60,62-66H2,1-2H3,(H,85,90)/b7-5-,13-11-,19-17-,25-23-,61-59+. The third kappa shape index (κ3) is 44.1. The van der Waals surface area contributed by atoms with E-state index in [1.54, 1.807) is 6.08 Å². The number of amides is 1. The molecule has 19 nitrogen and oxygen atoms in total. The molecule has 0 bridgehead atoms. The molecule has 602 valence electrons. The minimum atomic E-state index is -1.98. The average Bonchev–Trinajstić information content (AvgIpc) is 0.781. The largest absolute Gasteiger partial charge is 0.394 e. The summed E-state index contributed by atoms with van der Waals surface area (Å²) in [5.74, 6) is -0.269. The first-order valence-electron chi connectivity index (χ1n) is 42.0. The van der Waals surface area contributed by atoms with Crippen LogP contribution in [-0.4, -0.2) is 193 Å². The molecule has 3 aliphatic heterocycles. The van der Waals surface area contributed by atoms with E-state index in [-0.39, 0.29) is 18.9 Å². The molecular weight excluding hydrogens is 1310 g/mol. The van der Waals surface area contributed by atoms with Gasteiger partial charge in [0.15, 0.2) is 18.9 Å². The molecule has 0 aromatic heterocycles. The summed E-state index contributed by atoms with van der Waals surface area (Å²) in [6, 6.07) is -0.974. The predicted molar refractivity (Wildman–Crippen MR) is 411 cm³/mol. The molecule has 3 rings (SSSR count). The highest BCUT2D eigenvalue weighted by Gasteiger charge is 2.54. The Morgan fingerprint density at radius 2 is 0.670 bits per heavy atom. The molecule has 0 aliphatic carbocycles. The van der Waals surface area contributed by atoms with E-state index in [2.05, 4.69) is 67.8 Å². The van der Waals surface area contributed by atoms with Gasteiger partial charge in [0, 0.05) is 6.42 Å². The van der Waals surface area contributed by atoms with Crippen LogP contribution in [0.3, 0.4) is 0 Å². The van der Waals surface area contributed by atoms with Crippen molar-refractivity contribution < 1.29 is 89.4 Å². The van der Waals surface area contributed by atoms with Gasteiger partial charge < -0.3 is 89.9 Å². The Morgan fingerprint density at radius 3 is 1.05 bits per heavy atom. The number of aliphatic hydroxyl groups is 11. The van der Waals surface area contributed by atoms with E-state index in [9.17, 15) is 61.0 Å². The van der Waals surface area contributed by atoms with Gasteiger partial charge in [0.2, 0.25) is 5.91 Å². The van der Waals surface area contributed by atoms with Gasteiger partial charge in [0.05, 0.1) is 38.6 Å². The molecule has 0 aromatic carbocycles. The van der Waals surface area contributed by atoms with Crippen LogP contribution in [0.15, 0.2) is 60.8 Å². The highest BCUT2D eigenvalue weighted by atomic mass is 16.8. The molecule has 17 unspecified atom stereocenters. The summed E-state index contributed by atoms with van der Waals surface area (Å²) in [7, 11) is 0. The van der Waals surface area contributed by atoms with E-state index in [1.165, 1.54) is 238 Å². The van der Waals surface area contributed by atoms with Crippen molar-refractivity contribution in [3.8, 4) is 0 Å². The van der Waals surface area contributed by atoms with E-state index < -0.39 is 124 Å². The highest BCUT2D eigenvalue weighted by molar-refractivity contribution is 5.76. The lowest BCUT2D eigenvalue weighted by molar-refractivity contribution is -0.379. The molecular formula is C84H153NO18. The van der Waals surface area contributed by atoms with Crippen molar-refractivity contribution in [1.82, 2.24) is 5.32 Å². The van der Waals surface area contributed by atoms with Gasteiger partial charge in [-0.1, -0.05) is 331 Å². The number of rotatable bonds is 67. The zero-order valence-electron chi connectivity index (χ0n) is 64.5. The maximum Gasteiger partial charge on any atom is 0.220 e. The molecule has 3 saturated heterocycles. The lowest BCUT2D eigenvalue weighted by Gasteiger charge is -2.48. The fraction of sp³-hybridized carbons (Fsp3) is 0.869. The minimum absolute atomic E-state index is 0.246. The van der Waals surface area contributed by atoms with Crippen LogP contribution in [0.4, 0.5) is 0 Å². The second kappa shape index (κ2) is 64.3. The number of hydrogen-bond donors (Lipinski definition) is 12. The summed E-state index contributed by atoms with van der Waals surface area (Å²) < 4.78 is 34.5. The molecule has 0 aromatic rings. The third-order valence-corrected chi connectivity index (χ3v) is 20.8. The smallest absolute Gasteiger partial charge is 0.220 e. The van der Waals surface area contributed by atoms with Crippen LogP contribution in [0.2, 0.25) is 0 Å². The number of nitrogens with one attached hydrogen (secondary N) is 1. The molecule has 0 spiro atoms. The second-order valence-electron chi connectivity index (χ2n) is 29.9. The van der Waals surface area contributed by atoms with Crippen molar-refractivity contribution in [3.63, 3.8) is 0 Å². The van der Waals surface area contributed by atoms with Crippen LogP contribution in [0.5, 0.6) is 0 Å². The molecule has 1 amide bonds. The van der Waals surface area contributed by atoms with E-state index in [0.29, 0.717) is 6.42 Å². The molecule has 17 atom stereocenters. The van der Waals surface area contributed by atoms with Crippen molar-refractivity contribution in [2.45, 2.75) is 439 Å². The van der Waals surface area contributed by atoms with Gasteiger partial charge in [-0.15, -0.1) is 0 Å². The summed E-state index contributed by atoms with van der Waals surface area (Å²) in [5, 5.41) is 121. The van der Waals surface area contributed by atoms with Crippen LogP contribution < -0.4 is 5.32 Å². The summed E-state index contributed by atoms with van der Waals surface area (Å²) in [5.41, 5.74) is 0. The molecule has 3 heterocycles. The first-order valence-corrected chi connectivity index (χ1v) is 42.0. The zero-order valence-corrected chi connectivity index (χ0v) is 64.5. The Hall–Kier alpha value is -2.51. The number of hydrogen-bond acceptors (Lipinski definition) is 18. The topological polar surface area (TPSA) is 307 Å². The van der Waals surface area contributed by atoms with Crippen LogP contribution in [-0.2, 0) is 33.2 Å². The summed E-state index contributed by atoms with van der Waals surface area (Å²) in [6.07, 6.45) is 56.5. The SMILES string of the molecule is CC/C=C\C/C=C\C/C=C\C/C=C\CCCCCCCCCCCCCCCCCCCCCCCCCCC(=O)NC(COC1OC(CO)C(OC2OC(CO)C(OC3OC(CO)C(O)C(O)C3O)C(O)C2O)C(O)C1O)C(O)/C=C/CCCCCCCCCCCCCCCCCCCCC. The van der Waals surface area contributed by atoms with Gasteiger partial charge in [0.1, 0.15) is 73.2 Å². The van der Waals surface area contributed by atoms with E-state index in [0.717, 1.165) is 70.6 Å². The highest BCUT2D eigenvalue weighted by Crippen LogP contribution is 2.33. The molecule has 3 aliphatic rings. The van der Waals surface area contributed by atoms with Gasteiger partial charge in [-0.3, -0.25) is 4.79 Å².